The monoisotopic (exact) mass is 312 g/mol. The number of aryl methyl sites for hydroxylation is 1. The molecule has 0 fully saturated rings. The Morgan fingerprint density at radius 3 is 2.61 bits per heavy atom. The predicted octanol–water partition coefficient (Wildman–Crippen LogP) is 2.29. The molecule has 5 heteroatoms. The van der Waals surface area contributed by atoms with Gasteiger partial charge in [0.25, 0.3) is 5.91 Å². The third kappa shape index (κ3) is 5.38. The molecular formula is C18H24N4O. The van der Waals surface area contributed by atoms with Gasteiger partial charge in [-0.25, -0.2) is 4.98 Å². The molecule has 1 heterocycles. The molecule has 0 aliphatic rings. The van der Waals surface area contributed by atoms with Crippen LogP contribution in [0.1, 0.15) is 21.6 Å². The number of amides is 1. The van der Waals surface area contributed by atoms with E-state index in [2.05, 4.69) is 34.7 Å². The summed E-state index contributed by atoms with van der Waals surface area (Å²) in [5.41, 5.74) is 3.84. The van der Waals surface area contributed by atoms with Crippen LogP contribution in [0.5, 0.6) is 0 Å². The summed E-state index contributed by atoms with van der Waals surface area (Å²) in [6.07, 6.45) is 1.69. The van der Waals surface area contributed by atoms with Crippen LogP contribution in [0.4, 0.5) is 5.69 Å². The van der Waals surface area contributed by atoms with Crippen molar-refractivity contribution in [3.05, 3.63) is 59.4 Å². The Bertz CT molecular complexity index is 638. The fourth-order valence-electron chi connectivity index (χ4n) is 2.12. The number of aromatic nitrogens is 1. The number of rotatable bonds is 7. The first-order chi connectivity index (χ1) is 11.1. The van der Waals surface area contributed by atoms with Crippen molar-refractivity contribution < 1.29 is 4.79 Å². The van der Waals surface area contributed by atoms with Crippen LogP contribution in [0.25, 0.3) is 0 Å². The minimum Gasteiger partial charge on any atom is -0.380 e. The second kappa shape index (κ2) is 8.29. The number of nitrogens with one attached hydrogen (secondary N) is 2. The summed E-state index contributed by atoms with van der Waals surface area (Å²) in [6, 6.07) is 11.9. The molecule has 0 atom stereocenters. The van der Waals surface area contributed by atoms with Crippen molar-refractivity contribution in [3.8, 4) is 0 Å². The molecule has 122 valence electrons. The topological polar surface area (TPSA) is 57.3 Å². The molecule has 2 rings (SSSR count). The average molecular weight is 312 g/mol. The molecule has 0 radical (unpaired) electrons. The normalized spacial score (nSPS) is 10.6. The molecule has 1 amide bonds. The molecular weight excluding hydrogens is 288 g/mol. The van der Waals surface area contributed by atoms with E-state index in [-0.39, 0.29) is 5.91 Å². The maximum Gasteiger partial charge on any atom is 0.269 e. The first-order valence-electron chi connectivity index (χ1n) is 7.73. The highest BCUT2D eigenvalue weighted by atomic mass is 16.1. The van der Waals surface area contributed by atoms with E-state index in [1.54, 1.807) is 12.3 Å². The predicted molar refractivity (Wildman–Crippen MR) is 93.6 cm³/mol. The molecule has 0 saturated carbocycles. The highest BCUT2D eigenvalue weighted by Gasteiger charge is 2.06. The first-order valence-corrected chi connectivity index (χ1v) is 7.73. The van der Waals surface area contributed by atoms with Gasteiger partial charge >= 0.3 is 0 Å². The number of nitrogens with zero attached hydrogens (tertiary/aromatic N) is 2. The summed E-state index contributed by atoms with van der Waals surface area (Å²) in [7, 11) is 3.94. The van der Waals surface area contributed by atoms with E-state index < -0.39 is 0 Å². The van der Waals surface area contributed by atoms with Crippen LogP contribution < -0.4 is 10.6 Å². The molecule has 2 aromatic rings. The second-order valence-electron chi connectivity index (χ2n) is 5.77. The van der Waals surface area contributed by atoms with Gasteiger partial charge in [-0.15, -0.1) is 0 Å². The fourth-order valence-corrected chi connectivity index (χ4v) is 2.12. The standard InChI is InChI=1S/C18H24N4O/c1-14-6-4-5-7-15(14)12-20-16-8-9-17(21-13-16)18(23)19-10-11-22(2)3/h4-9,13,20H,10-12H2,1-3H3,(H,19,23). The smallest absolute Gasteiger partial charge is 0.269 e. The Kier molecular flexibility index (Phi) is 6.11. The van der Waals surface area contributed by atoms with Crippen LogP contribution in [-0.4, -0.2) is 43.0 Å². The minimum absolute atomic E-state index is 0.141. The van der Waals surface area contributed by atoms with Gasteiger partial charge in [-0.05, 0) is 44.3 Å². The Labute approximate surface area is 137 Å². The van der Waals surface area contributed by atoms with E-state index in [4.69, 9.17) is 0 Å². The number of hydrogen-bond acceptors (Lipinski definition) is 4. The van der Waals surface area contributed by atoms with Crippen LogP contribution in [-0.2, 0) is 6.54 Å². The Hall–Kier alpha value is -2.40. The fraction of sp³-hybridized carbons (Fsp3) is 0.333. The van der Waals surface area contributed by atoms with Crippen LogP contribution in [0.2, 0.25) is 0 Å². The van der Waals surface area contributed by atoms with Crippen molar-refractivity contribution in [1.29, 1.82) is 0 Å². The zero-order valence-corrected chi connectivity index (χ0v) is 14.0. The van der Waals surface area contributed by atoms with E-state index in [0.29, 0.717) is 12.2 Å². The molecule has 2 N–H and O–H groups in total. The minimum atomic E-state index is -0.141. The number of anilines is 1. The van der Waals surface area contributed by atoms with E-state index in [0.717, 1.165) is 18.8 Å². The number of hydrogen-bond donors (Lipinski definition) is 2. The number of benzene rings is 1. The zero-order valence-electron chi connectivity index (χ0n) is 14.0. The number of carbonyl (C=O) groups excluding carboxylic acids is 1. The van der Waals surface area contributed by atoms with Crippen LogP contribution >= 0.6 is 0 Å². The molecule has 1 aromatic heterocycles. The van der Waals surface area contributed by atoms with Crippen molar-refractivity contribution in [2.75, 3.05) is 32.5 Å². The number of pyridine rings is 1. The van der Waals surface area contributed by atoms with Crippen LogP contribution in [0.15, 0.2) is 42.6 Å². The van der Waals surface area contributed by atoms with Gasteiger partial charge in [0, 0.05) is 19.6 Å². The van der Waals surface area contributed by atoms with E-state index in [1.165, 1.54) is 11.1 Å². The summed E-state index contributed by atoms with van der Waals surface area (Å²) in [5, 5.41) is 6.18. The van der Waals surface area contributed by atoms with Gasteiger partial charge in [-0.1, -0.05) is 24.3 Å². The molecule has 23 heavy (non-hydrogen) atoms. The molecule has 5 nitrogen and oxygen atoms in total. The van der Waals surface area contributed by atoms with Crippen LogP contribution in [0, 0.1) is 6.92 Å². The summed E-state index contributed by atoms with van der Waals surface area (Å²) in [6.45, 7) is 4.25. The lowest BCUT2D eigenvalue weighted by Gasteiger charge is -2.11. The maximum absolute atomic E-state index is 11.9. The maximum atomic E-state index is 11.9. The quantitative estimate of drug-likeness (QED) is 0.823. The molecule has 0 aliphatic carbocycles. The lowest BCUT2D eigenvalue weighted by Crippen LogP contribution is -2.31. The van der Waals surface area contributed by atoms with E-state index in [1.807, 2.05) is 37.2 Å². The van der Waals surface area contributed by atoms with Gasteiger partial charge in [0.05, 0.1) is 11.9 Å². The lowest BCUT2D eigenvalue weighted by atomic mass is 10.1. The highest BCUT2D eigenvalue weighted by Crippen LogP contribution is 2.11. The number of likely N-dealkylation sites (N-methyl/N-ethyl adjacent to an activating group) is 1. The average Bonchev–Trinajstić information content (AvgIpc) is 2.54. The van der Waals surface area contributed by atoms with Crippen molar-refractivity contribution in [3.63, 3.8) is 0 Å². The zero-order chi connectivity index (χ0) is 16.7. The van der Waals surface area contributed by atoms with Crippen molar-refractivity contribution >= 4 is 11.6 Å². The molecule has 0 aliphatic heterocycles. The van der Waals surface area contributed by atoms with E-state index in [9.17, 15) is 4.79 Å². The van der Waals surface area contributed by atoms with Gasteiger partial charge in [0.15, 0.2) is 0 Å². The largest absolute Gasteiger partial charge is 0.380 e. The Morgan fingerprint density at radius 1 is 1.17 bits per heavy atom. The van der Waals surface area contributed by atoms with Gasteiger partial charge in [-0.3, -0.25) is 4.79 Å². The molecule has 0 bridgehead atoms. The van der Waals surface area contributed by atoms with Crippen molar-refractivity contribution in [2.45, 2.75) is 13.5 Å². The number of carbonyl (C=O) groups is 1. The highest BCUT2D eigenvalue weighted by molar-refractivity contribution is 5.92. The van der Waals surface area contributed by atoms with Crippen molar-refractivity contribution in [1.82, 2.24) is 15.2 Å². The summed E-state index contributed by atoms with van der Waals surface area (Å²) in [5.74, 6) is -0.141. The van der Waals surface area contributed by atoms with Crippen LogP contribution in [0.3, 0.4) is 0 Å². The Morgan fingerprint density at radius 2 is 1.96 bits per heavy atom. The van der Waals surface area contributed by atoms with Gasteiger partial charge in [0.2, 0.25) is 0 Å². The van der Waals surface area contributed by atoms with E-state index >= 15 is 0 Å². The first kappa shape index (κ1) is 17.0. The molecule has 0 unspecified atom stereocenters. The lowest BCUT2D eigenvalue weighted by molar-refractivity contribution is 0.0946. The SMILES string of the molecule is Cc1ccccc1CNc1ccc(C(=O)NCCN(C)C)nc1. The van der Waals surface area contributed by atoms with Gasteiger partial charge in [0.1, 0.15) is 5.69 Å². The third-order valence-electron chi connectivity index (χ3n) is 3.58. The summed E-state index contributed by atoms with van der Waals surface area (Å²) >= 11 is 0. The molecule has 1 aromatic carbocycles. The van der Waals surface area contributed by atoms with Crippen molar-refractivity contribution in [2.24, 2.45) is 0 Å². The molecule has 0 saturated heterocycles. The summed E-state index contributed by atoms with van der Waals surface area (Å²) < 4.78 is 0. The second-order valence-corrected chi connectivity index (χ2v) is 5.77. The van der Waals surface area contributed by atoms with Gasteiger partial charge < -0.3 is 15.5 Å². The van der Waals surface area contributed by atoms with Gasteiger partial charge in [-0.2, -0.15) is 0 Å². The summed E-state index contributed by atoms with van der Waals surface area (Å²) in [4.78, 5) is 18.2. The molecule has 0 spiro atoms. The third-order valence-corrected chi connectivity index (χ3v) is 3.58. The Balaban J connectivity index is 1.87.